The van der Waals surface area contributed by atoms with Gasteiger partial charge in [-0.25, -0.2) is 0 Å². The van der Waals surface area contributed by atoms with Crippen molar-refractivity contribution in [2.45, 2.75) is 81.3 Å². The van der Waals surface area contributed by atoms with Crippen LogP contribution in [0.5, 0.6) is 0 Å². The minimum atomic E-state index is -1.66. The molecule has 0 unspecified atom stereocenters. The quantitative estimate of drug-likeness (QED) is 0.353. The van der Waals surface area contributed by atoms with Crippen molar-refractivity contribution < 1.29 is 20.9 Å². The van der Waals surface area contributed by atoms with E-state index in [0.29, 0.717) is 10.8 Å². The second-order valence-electron chi connectivity index (χ2n) is 10.1. The van der Waals surface area contributed by atoms with Gasteiger partial charge in [-0.15, -0.1) is 24.8 Å². The van der Waals surface area contributed by atoms with E-state index in [1.807, 2.05) is 6.56 Å². The van der Waals surface area contributed by atoms with Crippen molar-refractivity contribution in [2.75, 3.05) is 0 Å². The van der Waals surface area contributed by atoms with Crippen molar-refractivity contribution in [3.63, 3.8) is 0 Å². The maximum Gasteiger partial charge on any atom is -0.147 e. The Kier molecular flexibility index (Phi) is 9.66. The first-order valence-corrected chi connectivity index (χ1v) is 19.1. The molecule has 0 amide bonds. The van der Waals surface area contributed by atoms with Crippen molar-refractivity contribution in [2.24, 2.45) is 10.8 Å². The second-order valence-corrected chi connectivity index (χ2v) is 29.3. The molecule has 0 bridgehead atoms. The summed E-state index contributed by atoms with van der Waals surface area (Å²) in [6.07, 6.45) is 7.65. The van der Waals surface area contributed by atoms with Gasteiger partial charge in [-0.1, -0.05) is 0 Å². The third kappa shape index (κ3) is 5.82. The first kappa shape index (κ1) is 26.6. The monoisotopic (exact) mass is 491 g/mol. The van der Waals surface area contributed by atoms with Crippen LogP contribution in [0.3, 0.4) is 0 Å². The van der Waals surface area contributed by atoms with Crippen LogP contribution in [0.4, 0.5) is 0 Å². The summed E-state index contributed by atoms with van der Waals surface area (Å²) in [6.45, 7) is 24.3. The van der Waals surface area contributed by atoms with Gasteiger partial charge in [0, 0.05) is 0 Å². The summed E-state index contributed by atoms with van der Waals surface area (Å²) in [5, 5.41) is 0. The summed E-state index contributed by atoms with van der Waals surface area (Å²) in [5.74, 6) is -0.617. The molecule has 0 aromatic rings. The Labute approximate surface area is 183 Å². The van der Waals surface area contributed by atoms with Gasteiger partial charge in [0.25, 0.3) is 0 Å². The number of rotatable bonds is 3. The van der Waals surface area contributed by atoms with Gasteiger partial charge in [-0.05, 0) is 0 Å². The van der Waals surface area contributed by atoms with Gasteiger partial charge < -0.3 is 0 Å². The molecule has 2 rings (SSSR count). The van der Waals surface area contributed by atoms with Crippen LogP contribution >= 0.6 is 24.8 Å². The Morgan fingerprint density at radius 2 is 1.04 bits per heavy atom. The number of halogens is 2. The van der Waals surface area contributed by atoms with E-state index < -0.39 is 26.8 Å². The average molecular weight is 494 g/mol. The van der Waals surface area contributed by atoms with Crippen LogP contribution in [0, 0.1) is 10.8 Å². The standard InChI is InChI=1S/2C10H15.C2H7Si.2ClH.Zr/c2*1-8-5-6-9(7-8)10(2,3)4;1-3-2;;;/h2*7H,6H2,1-4H3;3H,1-2H3;2*1H;. The first-order chi connectivity index (χ1) is 10.8. The normalized spacial score (nSPS) is 18.0. The van der Waals surface area contributed by atoms with Crippen molar-refractivity contribution in [1.82, 2.24) is 0 Å². The van der Waals surface area contributed by atoms with Gasteiger partial charge in [0.1, 0.15) is 0 Å². The summed E-state index contributed by atoms with van der Waals surface area (Å²) in [7, 11) is 0. The van der Waals surface area contributed by atoms with E-state index in [1.165, 1.54) is 12.8 Å². The smallest absolute Gasteiger partial charge is 0.147 e. The van der Waals surface area contributed by atoms with Crippen LogP contribution in [-0.2, 0) is 20.9 Å². The average Bonchev–Trinajstić information content (AvgIpc) is 2.94. The summed E-state index contributed by atoms with van der Waals surface area (Å²) in [5.41, 5.74) is 7.26. The minimum absolute atomic E-state index is 0. The van der Waals surface area contributed by atoms with E-state index in [9.17, 15) is 0 Å². The van der Waals surface area contributed by atoms with Gasteiger partial charge >= 0.3 is 160 Å². The predicted octanol–water partition coefficient (Wildman–Crippen LogP) is 7.73. The van der Waals surface area contributed by atoms with Crippen molar-refractivity contribution >= 4 is 30.7 Å². The second kappa shape index (κ2) is 9.43. The van der Waals surface area contributed by atoms with Crippen LogP contribution in [0.25, 0.3) is 0 Å². The topological polar surface area (TPSA) is 0 Å². The third-order valence-electron chi connectivity index (χ3n) is 5.62. The van der Waals surface area contributed by atoms with Gasteiger partial charge in [0.15, 0.2) is 0 Å². The fourth-order valence-corrected chi connectivity index (χ4v) is 24.7. The zero-order valence-electron chi connectivity index (χ0n) is 18.5. The SMILES string of the molecule is CC1=[C]([Zr]([C]2=C(C)C=C(C(C)(C)C)C2)[SiH](C)C)CC(C(C)(C)C)=C1.Cl.Cl. The molecule has 2 aliphatic rings. The van der Waals surface area contributed by atoms with E-state index in [0.717, 1.165) is 0 Å². The Hall–Kier alpha value is 0.640. The van der Waals surface area contributed by atoms with E-state index in [2.05, 4.69) is 80.6 Å². The molecule has 0 heterocycles. The number of hydrogen-bond acceptors (Lipinski definition) is 0. The van der Waals surface area contributed by atoms with E-state index in [4.69, 9.17) is 0 Å². The molecule has 0 saturated carbocycles. The predicted molar refractivity (Wildman–Crippen MR) is 123 cm³/mol. The molecular weight excluding hydrogens is 454 g/mol. The van der Waals surface area contributed by atoms with Crippen molar-refractivity contribution in [1.29, 1.82) is 0 Å². The first-order valence-electron chi connectivity index (χ1n) is 9.51. The largest absolute Gasteiger partial charge is 0.147 e. The Balaban J connectivity index is 0.00000312. The van der Waals surface area contributed by atoms with E-state index >= 15 is 0 Å². The van der Waals surface area contributed by atoms with Crippen LogP contribution in [0.2, 0.25) is 13.1 Å². The van der Waals surface area contributed by atoms with Crippen LogP contribution in [-0.4, -0.2) is 5.92 Å². The molecule has 0 aliphatic heterocycles. The molecule has 0 radical (unpaired) electrons. The van der Waals surface area contributed by atoms with E-state index in [1.54, 1.807) is 22.3 Å². The number of hydrogen-bond donors (Lipinski definition) is 0. The zero-order chi connectivity index (χ0) is 18.4. The van der Waals surface area contributed by atoms with E-state index in [-0.39, 0.29) is 24.8 Å². The molecule has 0 fully saturated rings. The molecule has 0 N–H and O–H groups in total. The fourth-order valence-electron chi connectivity index (χ4n) is 3.92. The van der Waals surface area contributed by atoms with Crippen molar-refractivity contribution in [3.05, 3.63) is 41.0 Å². The molecule has 0 aromatic heterocycles. The summed E-state index contributed by atoms with van der Waals surface area (Å²) in [6, 6.07) is 0. The van der Waals surface area contributed by atoms with Crippen LogP contribution < -0.4 is 0 Å². The van der Waals surface area contributed by atoms with Gasteiger partial charge in [0.05, 0.1) is 0 Å². The van der Waals surface area contributed by atoms with Gasteiger partial charge in [-0.2, -0.15) is 0 Å². The summed E-state index contributed by atoms with van der Waals surface area (Å²) < 4.78 is 3.86. The fraction of sp³-hybridized carbons (Fsp3) is 0.636. The maximum absolute atomic E-state index is 2.62. The maximum atomic E-state index is 2.62. The molecule has 0 spiro atoms. The zero-order valence-corrected chi connectivity index (χ0v) is 23.7. The Morgan fingerprint density at radius 3 is 1.23 bits per heavy atom. The molecule has 149 valence electrons. The Bertz CT molecular complexity index is 599. The molecule has 0 aromatic carbocycles. The van der Waals surface area contributed by atoms with Crippen LogP contribution in [0.1, 0.15) is 68.2 Å². The molecule has 26 heavy (non-hydrogen) atoms. The minimum Gasteiger partial charge on any atom is -0.147 e. The molecule has 0 nitrogen and oxygen atoms in total. The molecule has 2 aliphatic carbocycles. The van der Waals surface area contributed by atoms with Crippen LogP contribution in [0.15, 0.2) is 41.0 Å². The molecular formula is C22H39Cl2SiZr. The number of allylic oxidation sites excluding steroid dienone is 8. The third-order valence-corrected chi connectivity index (χ3v) is 25.4. The summed E-state index contributed by atoms with van der Waals surface area (Å²) >= 11 is -1.66. The Morgan fingerprint density at radius 1 is 0.731 bits per heavy atom. The summed E-state index contributed by atoms with van der Waals surface area (Å²) in [4.78, 5) is 0. The van der Waals surface area contributed by atoms with Gasteiger partial charge in [-0.3, -0.25) is 0 Å². The molecule has 4 heteroatoms. The molecule has 0 saturated heterocycles. The molecule has 0 atom stereocenters. The van der Waals surface area contributed by atoms with Crippen molar-refractivity contribution in [3.8, 4) is 0 Å². The van der Waals surface area contributed by atoms with Gasteiger partial charge in [0.2, 0.25) is 0 Å².